The molecule has 0 heterocycles. The van der Waals surface area contributed by atoms with E-state index in [-0.39, 0.29) is 0 Å². The first-order chi connectivity index (χ1) is 9.65. The Bertz CT molecular complexity index is 324. The number of nitrogens with two attached hydrogens (primary N) is 2. The molecular weight excluding hydrogens is 326 g/mol. The topological polar surface area (TPSA) is 127 Å². The van der Waals surface area contributed by atoms with E-state index in [1.54, 1.807) is 0 Å². The summed E-state index contributed by atoms with van der Waals surface area (Å²) in [4.78, 5) is 19.8. The van der Waals surface area contributed by atoms with E-state index in [2.05, 4.69) is 0 Å². The molecule has 0 fully saturated rings. The zero-order chi connectivity index (χ0) is 18.1. The van der Waals surface area contributed by atoms with Crippen LogP contribution in [0.25, 0.3) is 0 Å². The second-order valence-corrected chi connectivity index (χ2v) is 4.20. The minimum Gasteiger partial charge on any atom is -0.480 e. The summed E-state index contributed by atoms with van der Waals surface area (Å²) < 4.78 is 68.6. The van der Waals surface area contributed by atoms with Crippen LogP contribution in [0.5, 0.6) is 0 Å². The van der Waals surface area contributed by atoms with Crippen molar-refractivity contribution in [3.63, 3.8) is 0 Å². The van der Waals surface area contributed by atoms with Gasteiger partial charge in [-0.2, -0.15) is 26.3 Å². The molecule has 12 heteroatoms. The number of hydrogen-bond acceptors (Lipinski definition) is 4. The molecule has 0 aliphatic rings. The van der Waals surface area contributed by atoms with E-state index in [1.807, 2.05) is 0 Å². The van der Waals surface area contributed by atoms with Gasteiger partial charge in [0.2, 0.25) is 0 Å². The van der Waals surface area contributed by atoms with Crippen molar-refractivity contribution in [2.45, 2.75) is 50.1 Å². The van der Waals surface area contributed by atoms with Crippen LogP contribution in [0.4, 0.5) is 26.3 Å². The summed E-state index contributed by atoms with van der Waals surface area (Å²) in [7, 11) is 0. The van der Waals surface area contributed by atoms with Gasteiger partial charge in [0.25, 0.3) is 0 Å². The Hall–Kier alpha value is -1.56. The molecule has 132 valence electrons. The molecule has 0 aliphatic carbocycles. The van der Waals surface area contributed by atoms with Gasteiger partial charge in [0.1, 0.15) is 12.1 Å². The van der Waals surface area contributed by atoms with Crippen molar-refractivity contribution in [1.29, 1.82) is 0 Å². The molecule has 0 saturated carbocycles. The third-order valence-electron chi connectivity index (χ3n) is 2.11. The summed E-state index contributed by atoms with van der Waals surface area (Å²) in [5.41, 5.74) is 9.65. The van der Waals surface area contributed by atoms with Gasteiger partial charge >= 0.3 is 24.3 Å². The highest BCUT2D eigenvalue weighted by Gasteiger charge is 2.29. The van der Waals surface area contributed by atoms with E-state index in [9.17, 15) is 35.9 Å². The quantitative estimate of drug-likeness (QED) is 0.542. The molecule has 0 radical (unpaired) electrons. The Morgan fingerprint density at radius 3 is 1.14 bits per heavy atom. The van der Waals surface area contributed by atoms with Crippen molar-refractivity contribution in [3.05, 3.63) is 0 Å². The normalized spacial score (nSPS) is 14.5. The molecule has 2 atom stereocenters. The summed E-state index contributed by atoms with van der Waals surface area (Å²) >= 11 is 0. The van der Waals surface area contributed by atoms with Crippen LogP contribution in [0.2, 0.25) is 0 Å². The lowest BCUT2D eigenvalue weighted by Crippen LogP contribution is -2.31. The van der Waals surface area contributed by atoms with E-state index >= 15 is 0 Å². The average molecular weight is 342 g/mol. The second-order valence-electron chi connectivity index (χ2n) is 4.20. The fourth-order valence-electron chi connectivity index (χ4n) is 0.885. The number of carboxylic acids is 2. The first-order valence-corrected chi connectivity index (χ1v) is 5.76. The maximum absolute atomic E-state index is 11.4. The molecule has 0 rings (SSSR count). The molecule has 0 unspecified atom stereocenters. The van der Waals surface area contributed by atoms with Crippen LogP contribution in [0.3, 0.4) is 0 Å². The second kappa shape index (κ2) is 9.46. The van der Waals surface area contributed by atoms with Crippen molar-refractivity contribution in [1.82, 2.24) is 0 Å². The van der Waals surface area contributed by atoms with Crippen LogP contribution in [0, 0.1) is 0 Å². The van der Waals surface area contributed by atoms with Gasteiger partial charge in [-0.05, 0) is 12.8 Å². The minimum atomic E-state index is -4.33. The van der Waals surface area contributed by atoms with Gasteiger partial charge in [-0.15, -0.1) is 0 Å². The molecule has 0 amide bonds. The fraction of sp³-hybridized carbons (Fsp3) is 0.800. The minimum absolute atomic E-state index is 0.571. The third kappa shape index (κ3) is 16.5. The summed E-state index contributed by atoms with van der Waals surface area (Å²) in [6.45, 7) is 0. The Morgan fingerprint density at radius 2 is 1.00 bits per heavy atom. The zero-order valence-electron chi connectivity index (χ0n) is 11.1. The standard InChI is InChI=1S/2C5H8F3NO2/c2*6-5(7,8)2-1-3(9)4(10)11/h2*3H,1-2,9H2,(H,10,11)/t2*3-/m10/s1. The summed E-state index contributed by atoms with van der Waals surface area (Å²) in [5, 5.41) is 16.2. The van der Waals surface area contributed by atoms with E-state index in [0.717, 1.165) is 0 Å². The smallest absolute Gasteiger partial charge is 0.389 e. The molecule has 0 spiro atoms. The maximum atomic E-state index is 11.4. The number of halogens is 6. The number of alkyl halides is 6. The van der Waals surface area contributed by atoms with Gasteiger partial charge in [-0.25, -0.2) is 0 Å². The Balaban J connectivity index is 0. The lowest BCUT2D eigenvalue weighted by atomic mass is 10.2. The Labute approximate surface area is 121 Å². The first kappa shape index (κ1) is 22.7. The molecule has 22 heavy (non-hydrogen) atoms. The average Bonchev–Trinajstić information content (AvgIpc) is 2.31. The van der Waals surface area contributed by atoms with Crippen LogP contribution >= 0.6 is 0 Å². The lowest BCUT2D eigenvalue weighted by Gasteiger charge is -2.08. The Kier molecular flexibility index (Phi) is 9.76. The fourth-order valence-corrected chi connectivity index (χ4v) is 0.885. The molecular formula is C10H16F6N2O4. The number of carbonyl (C=O) groups is 2. The van der Waals surface area contributed by atoms with Crippen LogP contribution < -0.4 is 11.5 Å². The van der Waals surface area contributed by atoms with Crippen molar-refractivity contribution in [3.8, 4) is 0 Å². The van der Waals surface area contributed by atoms with Crippen molar-refractivity contribution < 1.29 is 46.1 Å². The Morgan fingerprint density at radius 1 is 0.773 bits per heavy atom. The van der Waals surface area contributed by atoms with E-state index in [0.29, 0.717) is 0 Å². The van der Waals surface area contributed by atoms with E-state index < -0.39 is 62.1 Å². The molecule has 0 aromatic rings. The summed E-state index contributed by atoms with van der Waals surface area (Å²) in [6.07, 6.45) is -12.1. The predicted octanol–water partition coefficient (Wildman–Crippen LogP) is 1.48. The van der Waals surface area contributed by atoms with Crippen LogP contribution in [0.15, 0.2) is 0 Å². The van der Waals surface area contributed by atoms with Gasteiger partial charge in [-0.1, -0.05) is 0 Å². The molecule has 0 aromatic heterocycles. The van der Waals surface area contributed by atoms with Crippen molar-refractivity contribution >= 4 is 11.9 Å². The summed E-state index contributed by atoms with van der Waals surface area (Å²) in [6, 6.07) is -2.84. The third-order valence-corrected chi connectivity index (χ3v) is 2.11. The van der Waals surface area contributed by atoms with Crippen molar-refractivity contribution in [2.75, 3.05) is 0 Å². The predicted molar refractivity (Wildman–Crippen MR) is 61.8 cm³/mol. The summed E-state index contributed by atoms with van der Waals surface area (Å²) in [5.74, 6) is -2.82. The van der Waals surface area contributed by atoms with Crippen molar-refractivity contribution in [2.24, 2.45) is 11.5 Å². The number of rotatable bonds is 6. The largest absolute Gasteiger partial charge is 0.480 e. The monoisotopic (exact) mass is 342 g/mol. The van der Waals surface area contributed by atoms with Gasteiger partial charge < -0.3 is 21.7 Å². The molecule has 0 aliphatic heterocycles. The van der Waals surface area contributed by atoms with Crippen LogP contribution in [-0.2, 0) is 9.59 Å². The molecule has 6 N–H and O–H groups in total. The highest BCUT2D eigenvalue weighted by atomic mass is 19.4. The SMILES string of the molecule is N[C@@H](CCC(F)(F)F)C(=O)O.N[C@H](CCC(F)(F)F)C(=O)O. The number of carboxylic acid groups (broad SMARTS) is 2. The molecule has 6 nitrogen and oxygen atoms in total. The van der Waals surface area contributed by atoms with Gasteiger partial charge in [0.05, 0.1) is 0 Å². The highest BCUT2D eigenvalue weighted by Crippen LogP contribution is 2.22. The maximum Gasteiger partial charge on any atom is 0.389 e. The first-order valence-electron chi connectivity index (χ1n) is 5.76. The number of hydrogen-bond donors (Lipinski definition) is 4. The van der Waals surface area contributed by atoms with E-state index in [4.69, 9.17) is 21.7 Å². The van der Waals surface area contributed by atoms with Gasteiger partial charge in [-0.3, -0.25) is 9.59 Å². The highest BCUT2D eigenvalue weighted by molar-refractivity contribution is 5.73. The molecule has 0 bridgehead atoms. The van der Waals surface area contributed by atoms with E-state index in [1.165, 1.54) is 0 Å². The lowest BCUT2D eigenvalue weighted by molar-refractivity contribution is -0.146. The van der Waals surface area contributed by atoms with Crippen LogP contribution in [0.1, 0.15) is 25.7 Å². The van der Waals surface area contributed by atoms with Gasteiger partial charge in [0, 0.05) is 12.8 Å². The molecule has 0 saturated heterocycles. The van der Waals surface area contributed by atoms with Gasteiger partial charge in [0.15, 0.2) is 0 Å². The van der Waals surface area contributed by atoms with Crippen LogP contribution in [-0.4, -0.2) is 46.6 Å². The number of aliphatic carboxylic acids is 2. The zero-order valence-corrected chi connectivity index (χ0v) is 11.1. The molecule has 0 aromatic carbocycles.